The van der Waals surface area contributed by atoms with Crippen molar-refractivity contribution in [3.8, 4) is 0 Å². The Morgan fingerprint density at radius 3 is 2.75 bits per heavy atom. The van der Waals surface area contributed by atoms with Gasteiger partial charge in [0.1, 0.15) is 0 Å². The van der Waals surface area contributed by atoms with Gasteiger partial charge in [0.25, 0.3) is 0 Å². The van der Waals surface area contributed by atoms with Crippen molar-refractivity contribution in [2.45, 2.75) is 44.7 Å². The van der Waals surface area contributed by atoms with Gasteiger partial charge in [-0.05, 0) is 43.6 Å². The van der Waals surface area contributed by atoms with Gasteiger partial charge >= 0.3 is 0 Å². The number of rotatable bonds is 4. The summed E-state index contributed by atoms with van der Waals surface area (Å²) in [6.45, 7) is 1.39. The number of carbonyl (C=O) groups excluding carboxylic acids is 1. The first-order valence-electron chi connectivity index (χ1n) is 7.75. The normalized spacial score (nSPS) is 32.9. The van der Waals surface area contributed by atoms with Gasteiger partial charge < -0.3 is 11.1 Å². The minimum absolute atomic E-state index is 0.169. The van der Waals surface area contributed by atoms with E-state index in [0.29, 0.717) is 24.4 Å². The number of fused-ring (bicyclic) bond motifs is 2. The smallest absolute Gasteiger partial charge is 0.223 e. The first-order valence-corrected chi connectivity index (χ1v) is 7.75. The molecule has 1 heterocycles. The Morgan fingerprint density at radius 1 is 1.35 bits per heavy atom. The highest BCUT2D eigenvalue weighted by Crippen LogP contribution is 2.41. The molecule has 20 heavy (non-hydrogen) atoms. The van der Waals surface area contributed by atoms with E-state index in [9.17, 15) is 4.79 Å². The maximum Gasteiger partial charge on any atom is 0.223 e. The predicted molar refractivity (Wildman–Crippen MR) is 76.8 cm³/mol. The molecule has 5 nitrogen and oxygen atoms in total. The number of carbonyl (C=O) groups is 1. The summed E-state index contributed by atoms with van der Waals surface area (Å²) < 4.78 is 1.84. The number of nitrogens with two attached hydrogens (primary N) is 1. The Balaban J connectivity index is 1.48. The second-order valence-corrected chi connectivity index (χ2v) is 6.26. The molecule has 2 bridgehead atoms. The molecule has 1 aromatic rings. The lowest BCUT2D eigenvalue weighted by atomic mass is 9.65. The third kappa shape index (κ3) is 2.87. The molecular formula is C15H24N4O. The number of amides is 1. The van der Waals surface area contributed by atoms with Gasteiger partial charge in [0.2, 0.25) is 5.91 Å². The summed E-state index contributed by atoms with van der Waals surface area (Å²) in [6.07, 6.45) is 9.32. The summed E-state index contributed by atoms with van der Waals surface area (Å²) in [4.78, 5) is 12.3. The van der Waals surface area contributed by atoms with E-state index in [2.05, 4.69) is 10.4 Å². The van der Waals surface area contributed by atoms with Crippen molar-refractivity contribution in [2.24, 2.45) is 23.5 Å². The molecule has 2 saturated carbocycles. The maximum absolute atomic E-state index is 12.3. The zero-order valence-electron chi connectivity index (χ0n) is 11.9. The van der Waals surface area contributed by atoms with E-state index in [-0.39, 0.29) is 11.8 Å². The Morgan fingerprint density at radius 2 is 2.10 bits per heavy atom. The standard InChI is InChI=1S/C15H24N4O/c16-14-11-3-1-4-12(14)10-13(9-11)15(20)17-6-8-19-7-2-5-18-19/h2,5,7,11-14H,1,3-4,6,8-10,16H2,(H,17,20). The molecule has 2 unspecified atom stereocenters. The highest BCUT2D eigenvalue weighted by molar-refractivity contribution is 5.78. The molecule has 2 fully saturated rings. The van der Waals surface area contributed by atoms with Crippen LogP contribution in [0.25, 0.3) is 0 Å². The highest BCUT2D eigenvalue weighted by Gasteiger charge is 2.40. The zero-order chi connectivity index (χ0) is 13.9. The highest BCUT2D eigenvalue weighted by atomic mass is 16.1. The third-order valence-corrected chi connectivity index (χ3v) is 4.98. The monoisotopic (exact) mass is 276 g/mol. The second kappa shape index (κ2) is 5.95. The van der Waals surface area contributed by atoms with E-state index in [1.807, 2.05) is 16.9 Å². The minimum atomic E-state index is 0.169. The van der Waals surface area contributed by atoms with E-state index in [1.165, 1.54) is 19.3 Å². The van der Waals surface area contributed by atoms with Crippen molar-refractivity contribution in [2.75, 3.05) is 6.54 Å². The van der Waals surface area contributed by atoms with Crippen LogP contribution in [-0.2, 0) is 11.3 Å². The van der Waals surface area contributed by atoms with Gasteiger partial charge in [-0.2, -0.15) is 5.10 Å². The van der Waals surface area contributed by atoms with Crippen molar-refractivity contribution >= 4 is 5.91 Å². The lowest BCUT2D eigenvalue weighted by Gasteiger charge is -2.43. The molecule has 0 aromatic carbocycles. The second-order valence-electron chi connectivity index (χ2n) is 6.26. The molecular weight excluding hydrogens is 252 g/mol. The quantitative estimate of drug-likeness (QED) is 0.866. The molecule has 0 spiro atoms. The summed E-state index contributed by atoms with van der Waals surface area (Å²) in [6, 6.07) is 2.22. The van der Waals surface area contributed by atoms with Crippen LogP contribution in [0.2, 0.25) is 0 Å². The van der Waals surface area contributed by atoms with E-state index in [1.54, 1.807) is 6.20 Å². The summed E-state index contributed by atoms with van der Waals surface area (Å²) in [7, 11) is 0. The lowest BCUT2D eigenvalue weighted by molar-refractivity contribution is -0.127. The molecule has 3 rings (SSSR count). The molecule has 3 N–H and O–H groups in total. The van der Waals surface area contributed by atoms with Crippen LogP contribution >= 0.6 is 0 Å². The van der Waals surface area contributed by atoms with Crippen molar-refractivity contribution in [1.29, 1.82) is 0 Å². The summed E-state index contributed by atoms with van der Waals surface area (Å²) in [5, 5.41) is 7.19. The molecule has 2 aliphatic rings. The van der Waals surface area contributed by atoms with Gasteiger partial charge in [0.15, 0.2) is 0 Å². The van der Waals surface area contributed by atoms with Gasteiger partial charge in [-0.1, -0.05) is 6.42 Å². The van der Waals surface area contributed by atoms with Gasteiger partial charge in [-0.15, -0.1) is 0 Å². The van der Waals surface area contributed by atoms with Gasteiger partial charge in [0.05, 0.1) is 6.54 Å². The Kier molecular flexibility index (Phi) is 4.05. The number of nitrogens with one attached hydrogen (secondary N) is 1. The number of hydrogen-bond acceptors (Lipinski definition) is 3. The van der Waals surface area contributed by atoms with Crippen molar-refractivity contribution in [3.05, 3.63) is 18.5 Å². The van der Waals surface area contributed by atoms with Crippen LogP contribution in [0.5, 0.6) is 0 Å². The molecule has 0 saturated heterocycles. The SMILES string of the molecule is NC1C2CCCC1CC(C(=O)NCCn1cccn1)C2. The van der Waals surface area contributed by atoms with Crippen LogP contribution in [0.15, 0.2) is 18.5 Å². The topological polar surface area (TPSA) is 72.9 Å². The van der Waals surface area contributed by atoms with Crippen LogP contribution < -0.4 is 11.1 Å². The molecule has 0 aliphatic heterocycles. The fourth-order valence-electron chi connectivity index (χ4n) is 3.87. The van der Waals surface area contributed by atoms with E-state index >= 15 is 0 Å². The summed E-state index contributed by atoms with van der Waals surface area (Å²) >= 11 is 0. The van der Waals surface area contributed by atoms with Crippen molar-refractivity contribution in [1.82, 2.24) is 15.1 Å². The molecule has 1 aromatic heterocycles. The summed E-state index contributed by atoms with van der Waals surface area (Å²) in [5.74, 6) is 1.50. The average Bonchev–Trinajstić information content (AvgIpc) is 2.91. The first-order chi connectivity index (χ1) is 9.74. The summed E-state index contributed by atoms with van der Waals surface area (Å²) in [5.41, 5.74) is 6.27. The van der Waals surface area contributed by atoms with E-state index in [4.69, 9.17) is 5.73 Å². The van der Waals surface area contributed by atoms with Gasteiger partial charge in [-0.3, -0.25) is 9.48 Å². The molecule has 5 heteroatoms. The van der Waals surface area contributed by atoms with Crippen molar-refractivity contribution in [3.63, 3.8) is 0 Å². The minimum Gasteiger partial charge on any atom is -0.354 e. The molecule has 0 radical (unpaired) electrons. The zero-order valence-corrected chi connectivity index (χ0v) is 11.9. The average molecular weight is 276 g/mol. The van der Waals surface area contributed by atoms with E-state index in [0.717, 1.165) is 19.4 Å². The number of nitrogens with zero attached hydrogens (tertiary/aromatic N) is 2. The largest absolute Gasteiger partial charge is 0.354 e. The van der Waals surface area contributed by atoms with Gasteiger partial charge in [0, 0.05) is 30.9 Å². The number of aromatic nitrogens is 2. The molecule has 2 atom stereocenters. The Labute approximate surface area is 119 Å². The maximum atomic E-state index is 12.3. The Bertz CT molecular complexity index is 431. The van der Waals surface area contributed by atoms with Crippen LogP contribution in [0.4, 0.5) is 0 Å². The van der Waals surface area contributed by atoms with Crippen molar-refractivity contribution < 1.29 is 4.79 Å². The fourth-order valence-corrected chi connectivity index (χ4v) is 3.87. The van der Waals surface area contributed by atoms with Crippen LogP contribution in [0.1, 0.15) is 32.1 Å². The fraction of sp³-hybridized carbons (Fsp3) is 0.733. The van der Waals surface area contributed by atoms with Gasteiger partial charge in [-0.25, -0.2) is 0 Å². The Hall–Kier alpha value is -1.36. The van der Waals surface area contributed by atoms with Crippen LogP contribution in [0, 0.1) is 17.8 Å². The number of hydrogen-bond donors (Lipinski definition) is 2. The predicted octanol–water partition coefficient (Wildman–Crippen LogP) is 1.15. The first kappa shape index (κ1) is 13.6. The molecule has 1 amide bonds. The molecule has 110 valence electrons. The molecule has 2 aliphatic carbocycles. The van der Waals surface area contributed by atoms with Crippen LogP contribution in [0.3, 0.4) is 0 Å². The van der Waals surface area contributed by atoms with E-state index < -0.39 is 0 Å². The van der Waals surface area contributed by atoms with Crippen LogP contribution in [-0.4, -0.2) is 28.3 Å². The third-order valence-electron chi connectivity index (χ3n) is 4.98. The lowest BCUT2D eigenvalue weighted by Crippen LogP contribution is -2.49.